The second-order valence-corrected chi connectivity index (χ2v) is 4.60. The molecule has 0 radical (unpaired) electrons. The van der Waals surface area contributed by atoms with Gasteiger partial charge in [0.05, 0.1) is 19.3 Å². The molecule has 1 aliphatic heterocycles. The lowest BCUT2D eigenvalue weighted by molar-refractivity contribution is 0.0236. The van der Waals surface area contributed by atoms with E-state index in [1.165, 1.54) is 11.1 Å². The maximum absolute atomic E-state index is 8.55. The molecule has 1 unspecified atom stereocenters. The molecule has 0 saturated heterocycles. The molecule has 0 fully saturated rings. The normalized spacial score (nSPS) is 19.9. The zero-order chi connectivity index (χ0) is 13.0. The summed E-state index contributed by atoms with van der Waals surface area (Å²) < 4.78 is 5.81. The molecular weight excluding hydrogens is 230 g/mol. The quantitative estimate of drug-likeness (QED) is 0.361. The number of likely N-dealkylation sites (N-methyl/N-ethyl adjacent to an activating group) is 1. The third-order valence-corrected chi connectivity index (χ3v) is 3.13. The highest BCUT2D eigenvalue weighted by molar-refractivity contribution is 5.81. The van der Waals surface area contributed by atoms with Crippen LogP contribution in [-0.2, 0) is 11.2 Å². The van der Waals surface area contributed by atoms with E-state index in [2.05, 4.69) is 23.4 Å². The van der Waals surface area contributed by atoms with Crippen LogP contribution in [0.3, 0.4) is 0 Å². The summed E-state index contributed by atoms with van der Waals surface area (Å²) in [5.41, 5.74) is 8.09. The summed E-state index contributed by atoms with van der Waals surface area (Å²) in [6.07, 6.45) is 1.03. The van der Waals surface area contributed by atoms with Crippen molar-refractivity contribution < 1.29 is 9.94 Å². The topological polar surface area (TPSA) is 71.1 Å². The lowest BCUT2D eigenvalue weighted by atomic mass is 9.97. The van der Waals surface area contributed by atoms with E-state index in [4.69, 9.17) is 15.7 Å². The van der Waals surface area contributed by atoms with Crippen LogP contribution >= 0.6 is 0 Å². The number of oxime groups is 1. The first-order valence-corrected chi connectivity index (χ1v) is 6.05. The predicted molar refractivity (Wildman–Crippen MR) is 69.7 cm³/mol. The molecule has 1 aromatic rings. The van der Waals surface area contributed by atoms with Gasteiger partial charge >= 0.3 is 0 Å². The SMILES string of the molecule is CN(CC(N)=NO)CC1OCCc2ccccc21. The first-order chi connectivity index (χ1) is 8.70. The van der Waals surface area contributed by atoms with Gasteiger partial charge in [-0.15, -0.1) is 0 Å². The smallest absolute Gasteiger partial charge is 0.153 e. The molecule has 0 bridgehead atoms. The number of hydrogen-bond acceptors (Lipinski definition) is 4. The van der Waals surface area contributed by atoms with Crippen molar-refractivity contribution in [3.63, 3.8) is 0 Å². The third kappa shape index (κ3) is 3.00. The zero-order valence-corrected chi connectivity index (χ0v) is 10.5. The number of nitrogens with zero attached hydrogens (tertiary/aromatic N) is 2. The van der Waals surface area contributed by atoms with E-state index in [1.54, 1.807) is 0 Å². The molecule has 1 aliphatic rings. The van der Waals surface area contributed by atoms with Crippen LogP contribution in [0.5, 0.6) is 0 Å². The molecule has 1 heterocycles. The minimum absolute atomic E-state index is 0.0615. The first kappa shape index (κ1) is 12.9. The average molecular weight is 249 g/mol. The van der Waals surface area contributed by atoms with Gasteiger partial charge in [-0.25, -0.2) is 0 Å². The van der Waals surface area contributed by atoms with E-state index in [-0.39, 0.29) is 11.9 Å². The Morgan fingerprint density at radius 3 is 3.11 bits per heavy atom. The molecule has 1 aromatic carbocycles. The molecule has 2 rings (SSSR count). The van der Waals surface area contributed by atoms with Crippen LogP contribution in [0.25, 0.3) is 0 Å². The van der Waals surface area contributed by atoms with Crippen LogP contribution in [0.4, 0.5) is 0 Å². The molecule has 0 saturated carbocycles. The summed E-state index contributed by atoms with van der Waals surface area (Å²) in [4.78, 5) is 1.99. The van der Waals surface area contributed by atoms with Gasteiger partial charge in [0.1, 0.15) is 0 Å². The second kappa shape index (κ2) is 5.84. The monoisotopic (exact) mass is 249 g/mol. The molecule has 5 heteroatoms. The molecular formula is C13H19N3O2. The van der Waals surface area contributed by atoms with E-state index >= 15 is 0 Å². The fraction of sp³-hybridized carbons (Fsp3) is 0.462. The van der Waals surface area contributed by atoms with Gasteiger partial charge in [-0.3, -0.25) is 4.90 Å². The largest absolute Gasteiger partial charge is 0.409 e. The predicted octanol–water partition coefficient (Wildman–Crippen LogP) is 0.979. The lowest BCUT2D eigenvalue weighted by Crippen LogP contribution is -2.35. The maximum atomic E-state index is 8.55. The standard InChI is InChI=1S/C13H19N3O2/c1-16(9-13(14)15-17)8-12-11-5-3-2-4-10(11)6-7-18-12/h2-5,12,17H,6-9H2,1H3,(H2,14,15). The van der Waals surface area contributed by atoms with Crippen LogP contribution in [-0.4, -0.2) is 42.7 Å². The fourth-order valence-electron chi connectivity index (χ4n) is 2.28. The van der Waals surface area contributed by atoms with E-state index in [0.717, 1.165) is 19.6 Å². The lowest BCUT2D eigenvalue weighted by Gasteiger charge is -2.29. The van der Waals surface area contributed by atoms with E-state index in [9.17, 15) is 0 Å². The Hall–Kier alpha value is -1.59. The zero-order valence-electron chi connectivity index (χ0n) is 10.5. The van der Waals surface area contributed by atoms with E-state index < -0.39 is 0 Å². The van der Waals surface area contributed by atoms with Crippen molar-refractivity contribution in [2.45, 2.75) is 12.5 Å². The summed E-state index contributed by atoms with van der Waals surface area (Å²) in [5.74, 6) is 0.210. The molecule has 0 spiro atoms. The summed E-state index contributed by atoms with van der Waals surface area (Å²) in [7, 11) is 1.93. The van der Waals surface area contributed by atoms with Gasteiger partial charge in [0.15, 0.2) is 5.84 Å². The fourth-order valence-corrected chi connectivity index (χ4v) is 2.28. The molecule has 98 valence electrons. The number of hydrogen-bond donors (Lipinski definition) is 2. The van der Waals surface area contributed by atoms with Gasteiger partial charge in [0.2, 0.25) is 0 Å². The Balaban J connectivity index is 2.03. The Kier molecular flexibility index (Phi) is 4.17. The van der Waals surface area contributed by atoms with Crippen molar-refractivity contribution >= 4 is 5.84 Å². The minimum Gasteiger partial charge on any atom is -0.409 e. The maximum Gasteiger partial charge on any atom is 0.153 e. The number of fused-ring (bicyclic) bond motifs is 1. The number of benzene rings is 1. The van der Waals surface area contributed by atoms with E-state index in [1.807, 2.05) is 18.0 Å². The second-order valence-electron chi connectivity index (χ2n) is 4.60. The van der Waals surface area contributed by atoms with Crippen LogP contribution in [0.2, 0.25) is 0 Å². The van der Waals surface area contributed by atoms with Gasteiger partial charge in [-0.1, -0.05) is 29.4 Å². The van der Waals surface area contributed by atoms with E-state index in [0.29, 0.717) is 6.54 Å². The highest BCUT2D eigenvalue weighted by atomic mass is 16.5. The molecule has 3 N–H and O–H groups in total. The first-order valence-electron chi connectivity index (χ1n) is 6.05. The van der Waals surface area contributed by atoms with Crippen molar-refractivity contribution in [3.05, 3.63) is 35.4 Å². The van der Waals surface area contributed by atoms with Crippen molar-refractivity contribution in [1.29, 1.82) is 0 Å². The van der Waals surface area contributed by atoms with Gasteiger partial charge in [0.25, 0.3) is 0 Å². The molecule has 18 heavy (non-hydrogen) atoms. The average Bonchev–Trinajstić information content (AvgIpc) is 2.39. The van der Waals surface area contributed by atoms with Crippen molar-refractivity contribution in [1.82, 2.24) is 4.90 Å². The highest BCUT2D eigenvalue weighted by Crippen LogP contribution is 2.27. The molecule has 1 atom stereocenters. The Bertz CT molecular complexity index is 434. The van der Waals surface area contributed by atoms with Crippen LogP contribution in [0.15, 0.2) is 29.4 Å². The van der Waals surface area contributed by atoms with Gasteiger partial charge in [-0.05, 0) is 24.6 Å². The third-order valence-electron chi connectivity index (χ3n) is 3.13. The summed E-state index contributed by atoms with van der Waals surface area (Å²) in [6.45, 7) is 1.91. The Morgan fingerprint density at radius 1 is 1.56 bits per heavy atom. The van der Waals surface area contributed by atoms with Crippen molar-refractivity contribution in [2.75, 3.05) is 26.7 Å². The number of ether oxygens (including phenoxy) is 1. The number of rotatable bonds is 4. The van der Waals surface area contributed by atoms with Gasteiger partial charge in [-0.2, -0.15) is 0 Å². The number of nitrogens with two attached hydrogens (primary N) is 1. The van der Waals surface area contributed by atoms with Crippen molar-refractivity contribution in [2.24, 2.45) is 10.9 Å². The van der Waals surface area contributed by atoms with Gasteiger partial charge in [0, 0.05) is 6.54 Å². The minimum atomic E-state index is 0.0615. The summed E-state index contributed by atoms with van der Waals surface area (Å²) >= 11 is 0. The molecule has 0 amide bonds. The van der Waals surface area contributed by atoms with Crippen LogP contribution in [0.1, 0.15) is 17.2 Å². The molecule has 5 nitrogen and oxygen atoms in total. The van der Waals surface area contributed by atoms with Crippen molar-refractivity contribution in [3.8, 4) is 0 Å². The summed E-state index contributed by atoms with van der Waals surface area (Å²) in [5, 5.41) is 11.5. The molecule has 0 aliphatic carbocycles. The van der Waals surface area contributed by atoms with Gasteiger partial charge < -0.3 is 15.7 Å². The van der Waals surface area contributed by atoms with Crippen LogP contribution < -0.4 is 5.73 Å². The summed E-state index contributed by atoms with van der Waals surface area (Å²) in [6, 6.07) is 8.34. The Labute approximate surface area is 107 Å². The molecule has 0 aromatic heterocycles. The highest BCUT2D eigenvalue weighted by Gasteiger charge is 2.21. The number of amidine groups is 1. The Morgan fingerprint density at radius 2 is 2.33 bits per heavy atom. The van der Waals surface area contributed by atoms with Crippen LogP contribution in [0, 0.1) is 0 Å².